The minimum Gasteiger partial charge on any atom is -0.396 e. The average Bonchev–Trinajstić information content (AvgIpc) is 2.35. The third-order valence-electron chi connectivity index (χ3n) is 2.54. The first-order chi connectivity index (χ1) is 8.19. The molecule has 0 saturated heterocycles. The second-order valence-electron chi connectivity index (χ2n) is 3.78. The molecule has 0 radical (unpaired) electrons. The zero-order chi connectivity index (χ0) is 12.3. The molecule has 0 aromatic heterocycles. The van der Waals surface area contributed by atoms with Crippen LogP contribution in [0.3, 0.4) is 0 Å². The molecule has 3 heteroatoms. The predicted octanol–water partition coefficient (Wildman–Crippen LogP) is 4.12. The van der Waals surface area contributed by atoms with Crippen molar-refractivity contribution in [2.75, 3.05) is 5.73 Å². The van der Waals surface area contributed by atoms with Crippen molar-refractivity contribution in [3.63, 3.8) is 0 Å². The molecule has 0 aliphatic heterocycles. The fourth-order valence-electron chi connectivity index (χ4n) is 1.50. The lowest BCUT2D eigenvalue weighted by Gasteiger charge is -2.04. The highest BCUT2D eigenvalue weighted by Gasteiger charge is 2.02. The van der Waals surface area contributed by atoms with Crippen molar-refractivity contribution in [3.8, 4) is 0 Å². The van der Waals surface area contributed by atoms with Crippen LogP contribution in [0.4, 0.5) is 10.1 Å². The summed E-state index contributed by atoms with van der Waals surface area (Å²) in [6.07, 6.45) is 1.03. The molecule has 0 amide bonds. The summed E-state index contributed by atoms with van der Waals surface area (Å²) in [5.41, 5.74) is 6.93. The predicted molar refractivity (Wildman–Crippen MR) is 70.8 cm³/mol. The topological polar surface area (TPSA) is 26.0 Å². The van der Waals surface area contributed by atoms with Gasteiger partial charge in [-0.1, -0.05) is 30.8 Å². The molecule has 0 bridgehead atoms. The first-order valence-corrected chi connectivity index (χ1v) is 6.32. The molecular weight excluding hydrogens is 233 g/mol. The van der Waals surface area contributed by atoms with Gasteiger partial charge in [-0.15, -0.1) is 0 Å². The Kier molecular flexibility index (Phi) is 3.69. The summed E-state index contributed by atoms with van der Waals surface area (Å²) in [4.78, 5) is 1.97. The van der Waals surface area contributed by atoms with Crippen molar-refractivity contribution in [2.24, 2.45) is 0 Å². The maximum absolute atomic E-state index is 13.3. The number of aryl methyl sites for hydroxylation is 1. The minimum atomic E-state index is -0.361. The monoisotopic (exact) mass is 247 g/mol. The summed E-state index contributed by atoms with van der Waals surface area (Å²) in [6.45, 7) is 2.12. The molecular formula is C14H14FNS. The van der Waals surface area contributed by atoms with Crippen LogP contribution in [-0.2, 0) is 6.42 Å². The summed E-state index contributed by atoms with van der Waals surface area (Å²) >= 11 is 1.53. The Hall–Kier alpha value is -1.48. The van der Waals surface area contributed by atoms with Gasteiger partial charge in [0.05, 0.1) is 5.69 Å². The van der Waals surface area contributed by atoms with Crippen LogP contribution in [0, 0.1) is 5.82 Å². The Bertz CT molecular complexity index is 508. The maximum Gasteiger partial charge on any atom is 0.147 e. The molecule has 17 heavy (non-hydrogen) atoms. The van der Waals surface area contributed by atoms with Crippen molar-refractivity contribution >= 4 is 17.4 Å². The number of hydrogen-bond acceptors (Lipinski definition) is 2. The van der Waals surface area contributed by atoms with Gasteiger partial charge in [-0.25, -0.2) is 4.39 Å². The lowest BCUT2D eigenvalue weighted by atomic mass is 10.2. The van der Waals surface area contributed by atoms with Gasteiger partial charge < -0.3 is 5.73 Å². The zero-order valence-electron chi connectivity index (χ0n) is 9.61. The number of hydrogen-bond donors (Lipinski definition) is 1. The SMILES string of the molecule is CCc1ccc(Sc2ccc(N)c(F)c2)cc1. The van der Waals surface area contributed by atoms with Gasteiger partial charge in [0, 0.05) is 9.79 Å². The third-order valence-corrected chi connectivity index (χ3v) is 3.54. The van der Waals surface area contributed by atoms with Gasteiger partial charge in [0.2, 0.25) is 0 Å². The molecule has 88 valence electrons. The highest BCUT2D eigenvalue weighted by molar-refractivity contribution is 7.99. The van der Waals surface area contributed by atoms with E-state index in [1.165, 1.54) is 23.4 Å². The van der Waals surface area contributed by atoms with E-state index in [0.717, 1.165) is 16.2 Å². The maximum atomic E-state index is 13.3. The average molecular weight is 247 g/mol. The molecule has 0 spiro atoms. The molecule has 2 N–H and O–H groups in total. The molecule has 0 atom stereocenters. The van der Waals surface area contributed by atoms with E-state index in [1.54, 1.807) is 6.07 Å². The highest BCUT2D eigenvalue weighted by atomic mass is 32.2. The second-order valence-corrected chi connectivity index (χ2v) is 4.93. The third kappa shape index (κ3) is 3.01. The van der Waals surface area contributed by atoms with E-state index >= 15 is 0 Å². The van der Waals surface area contributed by atoms with Gasteiger partial charge in [-0.2, -0.15) is 0 Å². The van der Waals surface area contributed by atoms with Crippen LogP contribution in [0.2, 0.25) is 0 Å². The van der Waals surface area contributed by atoms with E-state index in [-0.39, 0.29) is 11.5 Å². The fourth-order valence-corrected chi connectivity index (χ4v) is 2.34. The van der Waals surface area contributed by atoms with Crippen LogP contribution in [0.1, 0.15) is 12.5 Å². The largest absolute Gasteiger partial charge is 0.396 e. The first-order valence-electron chi connectivity index (χ1n) is 5.51. The molecule has 0 aliphatic rings. The molecule has 0 aliphatic carbocycles. The molecule has 2 aromatic carbocycles. The zero-order valence-corrected chi connectivity index (χ0v) is 10.4. The van der Waals surface area contributed by atoms with Crippen LogP contribution < -0.4 is 5.73 Å². The molecule has 2 aromatic rings. The Morgan fingerprint density at radius 1 is 1.06 bits per heavy atom. The van der Waals surface area contributed by atoms with Crippen LogP contribution in [0.5, 0.6) is 0 Å². The van der Waals surface area contributed by atoms with E-state index in [0.29, 0.717) is 0 Å². The fraction of sp³-hybridized carbons (Fsp3) is 0.143. The Morgan fingerprint density at radius 2 is 1.71 bits per heavy atom. The summed E-state index contributed by atoms with van der Waals surface area (Å²) < 4.78 is 13.3. The van der Waals surface area contributed by atoms with E-state index in [1.807, 2.05) is 6.07 Å². The molecule has 2 rings (SSSR count). The Balaban J connectivity index is 2.16. The Morgan fingerprint density at radius 3 is 2.29 bits per heavy atom. The van der Waals surface area contributed by atoms with Gasteiger partial charge >= 0.3 is 0 Å². The van der Waals surface area contributed by atoms with Gasteiger partial charge in [0.15, 0.2) is 0 Å². The summed E-state index contributed by atoms with van der Waals surface area (Å²) in [7, 11) is 0. The number of nitrogens with two attached hydrogens (primary N) is 1. The van der Waals surface area contributed by atoms with E-state index < -0.39 is 0 Å². The summed E-state index contributed by atoms with van der Waals surface area (Å²) in [5.74, 6) is -0.361. The molecule has 0 saturated carbocycles. The van der Waals surface area contributed by atoms with Crippen LogP contribution in [-0.4, -0.2) is 0 Å². The smallest absolute Gasteiger partial charge is 0.147 e. The number of nitrogen functional groups attached to an aromatic ring is 1. The lowest BCUT2D eigenvalue weighted by Crippen LogP contribution is -1.89. The number of anilines is 1. The van der Waals surface area contributed by atoms with Crippen molar-refractivity contribution in [2.45, 2.75) is 23.1 Å². The number of benzene rings is 2. The van der Waals surface area contributed by atoms with Gasteiger partial charge in [-0.05, 0) is 42.3 Å². The van der Waals surface area contributed by atoms with Gasteiger partial charge in [0.25, 0.3) is 0 Å². The van der Waals surface area contributed by atoms with Crippen LogP contribution >= 0.6 is 11.8 Å². The van der Waals surface area contributed by atoms with Crippen molar-refractivity contribution in [1.82, 2.24) is 0 Å². The standard InChI is InChI=1S/C14H14FNS/c1-2-10-3-5-11(6-4-10)17-12-7-8-14(16)13(15)9-12/h3-9H,2,16H2,1H3. The first kappa shape index (κ1) is 12.0. The Labute approximate surface area is 105 Å². The summed E-state index contributed by atoms with van der Waals surface area (Å²) in [6, 6.07) is 13.2. The van der Waals surface area contributed by atoms with Crippen LogP contribution in [0.15, 0.2) is 52.3 Å². The summed E-state index contributed by atoms with van der Waals surface area (Å²) in [5, 5.41) is 0. The molecule has 0 fully saturated rings. The van der Waals surface area contributed by atoms with Gasteiger partial charge in [0.1, 0.15) is 5.82 Å². The second kappa shape index (κ2) is 5.23. The number of rotatable bonds is 3. The van der Waals surface area contributed by atoms with E-state index in [9.17, 15) is 4.39 Å². The normalized spacial score (nSPS) is 10.5. The molecule has 0 unspecified atom stereocenters. The number of halogens is 1. The van der Waals surface area contributed by atoms with Crippen molar-refractivity contribution in [1.29, 1.82) is 0 Å². The lowest BCUT2D eigenvalue weighted by molar-refractivity contribution is 0.629. The van der Waals surface area contributed by atoms with E-state index in [4.69, 9.17) is 5.73 Å². The molecule has 1 nitrogen and oxygen atoms in total. The van der Waals surface area contributed by atoms with Crippen molar-refractivity contribution in [3.05, 3.63) is 53.8 Å². The van der Waals surface area contributed by atoms with Crippen LogP contribution in [0.25, 0.3) is 0 Å². The molecule has 0 heterocycles. The highest BCUT2D eigenvalue weighted by Crippen LogP contribution is 2.29. The van der Waals surface area contributed by atoms with Crippen molar-refractivity contribution < 1.29 is 4.39 Å². The minimum absolute atomic E-state index is 0.190. The van der Waals surface area contributed by atoms with Gasteiger partial charge in [-0.3, -0.25) is 0 Å². The van der Waals surface area contributed by atoms with E-state index in [2.05, 4.69) is 31.2 Å². The quantitative estimate of drug-likeness (QED) is 0.826.